The summed E-state index contributed by atoms with van der Waals surface area (Å²) in [5.41, 5.74) is 0.836. The van der Waals surface area contributed by atoms with E-state index >= 15 is 0 Å². The molecule has 130 valence electrons. The lowest BCUT2D eigenvalue weighted by atomic mass is 10.1. The van der Waals surface area contributed by atoms with Gasteiger partial charge in [-0.15, -0.1) is 0 Å². The molecule has 2 aromatic rings. The molecule has 1 aromatic carbocycles. The molecule has 0 fully saturated rings. The Hall–Kier alpha value is -2.30. The fourth-order valence-electron chi connectivity index (χ4n) is 2.72. The van der Waals surface area contributed by atoms with Crippen molar-refractivity contribution in [2.45, 2.75) is 46.2 Å². The van der Waals surface area contributed by atoms with Crippen molar-refractivity contribution < 1.29 is 9.59 Å². The van der Waals surface area contributed by atoms with Crippen LogP contribution in [0.3, 0.4) is 0 Å². The maximum absolute atomic E-state index is 12.4. The number of carbonyl (C=O) groups excluding carboxylic acids is 2. The predicted molar refractivity (Wildman–Crippen MR) is 96.7 cm³/mol. The van der Waals surface area contributed by atoms with E-state index in [2.05, 4.69) is 16.0 Å². The van der Waals surface area contributed by atoms with Gasteiger partial charge in [0.15, 0.2) is 0 Å². The molecule has 0 aliphatic heterocycles. The molecule has 0 saturated carbocycles. The SMILES string of the molecule is CCN(CC(=O)NC(C)(C)C)C(=O)CCn1ccc2ccccc21. The van der Waals surface area contributed by atoms with Crippen molar-refractivity contribution in [1.29, 1.82) is 0 Å². The fourth-order valence-corrected chi connectivity index (χ4v) is 2.72. The van der Waals surface area contributed by atoms with Gasteiger partial charge in [-0.05, 0) is 45.2 Å². The van der Waals surface area contributed by atoms with Crippen LogP contribution in [-0.2, 0) is 16.1 Å². The first-order valence-corrected chi connectivity index (χ1v) is 8.43. The van der Waals surface area contributed by atoms with E-state index in [1.54, 1.807) is 4.90 Å². The number of carbonyl (C=O) groups is 2. The van der Waals surface area contributed by atoms with Gasteiger partial charge in [-0.3, -0.25) is 9.59 Å². The van der Waals surface area contributed by atoms with Gasteiger partial charge in [0.05, 0.1) is 6.54 Å². The first-order chi connectivity index (χ1) is 11.3. The highest BCUT2D eigenvalue weighted by molar-refractivity contribution is 5.85. The molecular formula is C19H27N3O2. The minimum Gasteiger partial charge on any atom is -0.350 e. The molecule has 0 aliphatic carbocycles. The van der Waals surface area contributed by atoms with Gasteiger partial charge < -0.3 is 14.8 Å². The molecule has 0 bridgehead atoms. The Balaban J connectivity index is 1.93. The Labute approximate surface area is 143 Å². The lowest BCUT2D eigenvalue weighted by molar-refractivity contribution is -0.136. The first-order valence-electron chi connectivity index (χ1n) is 8.43. The van der Waals surface area contributed by atoms with E-state index in [9.17, 15) is 9.59 Å². The number of aromatic nitrogens is 1. The highest BCUT2D eigenvalue weighted by atomic mass is 16.2. The molecule has 0 unspecified atom stereocenters. The summed E-state index contributed by atoms with van der Waals surface area (Å²) < 4.78 is 2.08. The topological polar surface area (TPSA) is 54.3 Å². The Morgan fingerprint density at radius 2 is 1.88 bits per heavy atom. The third kappa shape index (κ3) is 4.85. The molecule has 2 rings (SSSR count). The number of nitrogens with zero attached hydrogens (tertiary/aromatic N) is 2. The molecule has 0 spiro atoms. The number of benzene rings is 1. The van der Waals surface area contributed by atoms with Gasteiger partial charge in [-0.2, -0.15) is 0 Å². The minimum absolute atomic E-state index is 0.000611. The van der Waals surface area contributed by atoms with Crippen LogP contribution in [0.15, 0.2) is 36.5 Å². The Kier molecular flexibility index (Phi) is 5.65. The Morgan fingerprint density at radius 1 is 1.17 bits per heavy atom. The molecule has 0 radical (unpaired) electrons. The second-order valence-electron chi connectivity index (χ2n) is 7.02. The van der Waals surface area contributed by atoms with Crippen molar-refractivity contribution in [3.8, 4) is 0 Å². The quantitative estimate of drug-likeness (QED) is 0.886. The van der Waals surface area contributed by atoms with Crippen molar-refractivity contribution in [3.05, 3.63) is 36.5 Å². The lowest BCUT2D eigenvalue weighted by Crippen LogP contribution is -2.47. The van der Waals surface area contributed by atoms with E-state index in [0.29, 0.717) is 19.5 Å². The summed E-state index contributed by atoms with van der Waals surface area (Å²) in [6.45, 7) is 8.94. The minimum atomic E-state index is -0.288. The van der Waals surface area contributed by atoms with Gasteiger partial charge in [0.1, 0.15) is 0 Å². The third-order valence-electron chi connectivity index (χ3n) is 3.83. The van der Waals surface area contributed by atoms with Crippen molar-refractivity contribution in [1.82, 2.24) is 14.8 Å². The average molecular weight is 329 g/mol. The van der Waals surface area contributed by atoms with Gasteiger partial charge in [-0.1, -0.05) is 18.2 Å². The molecule has 24 heavy (non-hydrogen) atoms. The van der Waals surface area contributed by atoms with Gasteiger partial charge in [0.25, 0.3) is 0 Å². The predicted octanol–water partition coefficient (Wildman–Crippen LogP) is 2.79. The number of fused-ring (bicyclic) bond motifs is 1. The van der Waals surface area contributed by atoms with Gasteiger partial charge in [0.2, 0.25) is 11.8 Å². The van der Waals surface area contributed by atoms with Crippen LogP contribution in [0.25, 0.3) is 10.9 Å². The number of nitrogens with one attached hydrogen (secondary N) is 1. The molecule has 5 heteroatoms. The second kappa shape index (κ2) is 7.51. The summed E-state index contributed by atoms with van der Waals surface area (Å²) in [6, 6.07) is 10.2. The van der Waals surface area contributed by atoms with E-state index in [-0.39, 0.29) is 23.9 Å². The Morgan fingerprint density at radius 3 is 2.54 bits per heavy atom. The monoisotopic (exact) mass is 329 g/mol. The maximum Gasteiger partial charge on any atom is 0.240 e. The molecule has 1 N–H and O–H groups in total. The largest absolute Gasteiger partial charge is 0.350 e. The van der Waals surface area contributed by atoms with Crippen LogP contribution in [0.5, 0.6) is 0 Å². The summed E-state index contributed by atoms with van der Waals surface area (Å²) in [7, 11) is 0. The summed E-state index contributed by atoms with van der Waals surface area (Å²) >= 11 is 0. The van der Waals surface area contributed by atoms with Crippen LogP contribution in [0, 0.1) is 0 Å². The van der Waals surface area contributed by atoms with E-state index in [1.807, 2.05) is 58.2 Å². The molecule has 0 atom stereocenters. The average Bonchev–Trinajstić information content (AvgIpc) is 2.91. The van der Waals surface area contributed by atoms with Crippen LogP contribution >= 0.6 is 0 Å². The number of hydrogen-bond acceptors (Lipinski definition) is 2. The van der Waals surface area contributed by atoms with Gasteiger partial charge in [-0.25, -0.2) is 0 Å². The molecule has 5 nitrogen and oxygen atoms in total. The van der Waals surface area contributed by atoms with Crippen molar-refractivity contribution in [2.75, 3.05) is 13.1 Å². The number of hydrogen-bond donors (Lipinski definition) is 1. The van der Waals surface area contributed by atoms with Crippen LogP contribution < -0.4 is 5.32 Å². The third-order valence-corrected chi connectivity index (χ3v) is 3.83. The van der Waals surface area contributed by atoms with Crippen LogP contribution in [-0.4, -0.2) is 39.9 Å². The standard InChI is InChI=1S/C19H27N3O2/c1-5-21(14-17(23)20-19(2,3)4)18(24)11-13-22-12-10-15-8-6-7-9-16(15)22/h6-10,12H,5,11,13-14H2,1-4H3,(H,20,23). The summed E-state index contributed by atoms with van der Waals surface area (Å²) in [5.74, 6) is -0.122. The van der Waals surface area contributed by atoms with E-state index in [4.69, 9.17) is 0 Å². The van der Waals surface area contributed by atoms with Crippen LogP contribution in [0.2, 0.25) is 0 Å². The number of rotatable bonds is 6. The first kappa shape index (κ1) is 18.0. The van der Waals surface area contributed by atoms with Crippen molar-refractivity contribution in [3.63, 3.8) is 0 Å². The summed E-state index contributed by atoms with van der Waals surface area (Å²) in [5, 5.41) is 4.06. The normalized spacial score (nSPS) is 11.5. The van der Waals surface area contributed by atoms with Crippen LogP contribution in [0.4, 0.5) is 0 Å². The number of para-hydroxylation sites is 1. The smallest absolute Gasteiger partial charge is 0.240 e. The van der Waals surface area contributed by atoms with E-state index in [1.165, 1.54) is 5.39 Å². The van der Waals surface area contributed by atoms with Crippen molar-refractivity contribution in [2.24, 2.45) is 0 Å². The molecule has 1 heterocycles. The van der Waals surface area contributed by atoms with E-state index in [0.717, 1.165) is 5.52 Å². The van der Waals surface area contributed by atoms with E-state index < -0.39 is 0 Å². The molecule has 0 aliphatic rings. The van der Waals surface area contributed by atoms with Crippen molar-refractivity contribution >= 4 is 22.7 Å². The molecular weight excluding hydrogens is 302 g/mol. The summed E-state index contributed by atoms with van der Waals surface area (Å²) in [6.07, 6.45) is 2.38. The zero-order valence-corrected chi connectivity index (χ0v) is 15.0. The highest BCUT2D eigenvalue weighted by Gasteiger charge is 2.19. The maximum atomic E-state index is 12.4. The zero-order valence-electron chi connectivity index (χ0n) is 15.0. The second-order valence-corrected chi connectivity index (χ2v) is 7.02. The summed E-state index contributed by atoms with van der Waals surface area (Å²) in [4.78, 5) is 26.1. The van der Waals surface area contributed by atoms with Gasteiger partial charge in [0, 0.05) is 36.8 Å². The van der Waals surface area contributed by atoms with Crippen LogP contribution in [0.1, 0.15) is 34.1 Å². The zero-order chi connectivity index (χ0) is 17.7. The molecule has 0 saturated heterocycles. The highest BCUT2D eigenvalue weighted by Crippen LogP contribution is 2.15. The molecule has 1 aromatic heterocycles. The number of amides is 2. The number of aryl methyl sites for hydroxylation is 1. The number of likely N-dealkylation sites (N-methyl/N-ethyl adjacent to an activating group) is 1. The Bertz CT molecular complexity index is 713. The lowest BCUT2D eigenvalue weighted by Gasteiger charge is -2.25. The molecule has 2 amide bonds. The fraction of sp³-hybridized carbons (Fsp3) is 0.474. The van der Waals surface area contributed by atoms with Gasteiger partial charge >= 0.3 is 0 Å².